The number of carbonyl (C=O) groups excluding carboxylic acids is 1. The van der Waals surface area contributed by atoms with Crippen molar-refractivity contribution in [2.45, 2.75) is 26.2 Å². The van der Waals surface area contributed by atoms with Gasteiger partial charge in [0.15, 0.2) is 0 Å². The van der Waals surface area contributed by atoms with Gasteiger partial charge in [0.05, 0.1) is 12.8 Å². The molecule has 0 radical (unpaired) electrons. The molecule has 2 aromatic heterocycles. The third kappa shape index (κ3) is 20.0. The first-order chi connectivity index (χ1) is 25.1. The van der Waals surface area contributed by atoms with Gasteiger partial charge in [-0.1, -0.05) is 71.0 Å². The normalized spacial score (nSPS) is 9.66. The molecule has 6 rings (SSSR count). The number of aryl methyl sites for hydroxylation is 1. The van der Waals surface area contributed by atoms with Crippen LogP contribution in [0.15, 0.2) is 118 Å². The second-order valence-electron chi connectivity index (χ2n) is 9.91. The van der Waals surface area contributed by atoms with E-state index >= 15 is 0 Å². The number of aromatic nitrogens is 4. The zero-order chi connectivity index (χ0) is 38.3. The standard InChI is InChI=1S/C17H15N3O2.C9H7F2N3O.C8H8O2.I3.I2.HI/c1-12-18-17(20-22-12)14-7-9-15(10-8-14)19-16(21)11-13-5-3-2-4-6-13;10-7(11)9-13-8(14-15-9)5-1-3-6(12)4-2-5;9-8(10)6-7-4-2-1-3-5-7;1-3-2;1-2;/h2-10H,11H2,1H3,(H,19,21);1-4,7H,12H2;1-5H,6H2,(H,9,10);;;1H/q;;;-1;;. The number of hydrogen-bond acceptors (Lipinski definition) is 9. The Hall–Kier alpha value is -1.86. The molecule has 0 unspecified atom stereocenters. The molecule has 0 saturated heterocycles. The predicted octanol–water partition coefficient (Wildman–Crippen LogP) is 7.96. The molecule has 1 amide bonds. The smallest absolute Gasteiger partial charge is 0.315 e. The van der Waals surface area contributed by atoms with Gasteiger partial charge < -0.3 is 25.2 Å². The maximum Gasteiger partial charge on any atom is 0.315 e. The fraction of sp³-hybridized carbons (Fsp3) is 0.118. The van der Waals surface area contributed by atoms with Crippen molar-refractivity contribution >= 4 is 122 Å². The molecule has 4 aromatic carbocycles. The molecule has 0 bridgehead atoms. The molecule has 4 N–H and O–H groups in total. The number of aliphatic carboxylic acids is 1. The average Bonchev–Trinajstić information content (AvgIpc) is 3.82. The van der Waals surface area contributed by atoms with Crippen LogP contribution in [0.25, 0.3) is 22.8 Å². The van der Waals surface area contributed by atoms with Crippen LogP contribution in [0, 0.1) is 6.92 Å². The molecule has 0 aliphatic heterocycles. The monoisotopic (exact) mass is 1400 g/mol. The summed E-state index contributed by atoms with van der Waals surface area (Å²) in [6, 6.07) is 32.6. The van der Waals surface area contributed by atoms with Gasteiger partial charge in [0, 0.05) is 66.7 Å². The number of carboxylic acids is 1. The van der Waals surface area contributed by atoms with Crippen molar-refractivity contribution in [3.05, 3.63) is 132 Å². The number of carbonyl (C=O) groups is 2. The summed E-state index contributed by atoms with van der Waals surface area (Å²) >= 11 is 9.54. The molecule has 19 heteroatoms. The van der Waals surface area contributed by atoms with Crippen LogP contribution in [0.4, 0.5) is 20.2 Å². The van der Waals surface area contributed by atoms with E-state index in [1.54, 1.807) is 43.3 Å². The number of halogens is 8. The van der Waals surface area contributed by atoms with E-state index in [9.17, 15) is 18.4 Å². The number of nitrogens with zero attached hydrogens (tertiary/aromatic N) is 4. The molecule has 2 heterocycles. The minimum Gasteiger partial charge on any atom is -0.481 e. The number of nitrogen functional groups attached to an aromatic ring is 1. The third-order valence-electron chi connectivity index (χ3n) is 6.16. The van der Waals surface area contributed by atoms with E-state index in [4.69, 9.17) is 15.4 Å². The summed E-state index contributed by atoms with van der Waals surface area (Å²) in [4.78, 5) is 29.9. The van der Waals surface area contributed by atoms with Crippen LogP contribution >= 0.6 is 98.4 Å². The Balaban J connectivity index is 0.000000394. The van der Waals surface area contributed by atoms with Crippen LogP contribution in [0.1, 0.15) is 29.3 Å². The third-order valence-corrected chi connectivity index (χ3v) is 6.16. The van der Waals surface area contributed by atoms with Crippen LogP contribution in [0.3, 0.4) is 0 Å². The Morgan fingerprint density at radius 1 is 0.774 bits per heavy atom. The quantitative estimate of drug-likeness (QED) is 0.100. The zero-order valence-electron chi connectivity index (χ0n) is 27.4. The van der Waals surface area contributed by atoms with Gasteiger partial charge in [0.2, 0.25) is 23.4 Å². The van der Waals surface area contributed by atoms with E-state index in [2.05, 4.69) is 105 Å². The predicted molar refractivity (Wildman–Crippen MR) is 242 cm³/mol. The maximum absolute atomic E-state index is 12.1. The summed E-state index contributed by atoms with van der Waals surface area (Å²) in [7, 11) is 0. The number of benzene rings is 4. The van der Waals surface area contributed by atoms with Gasteiger partial charge in [-0.15, -0.1) is 24.0 Å². The summed E-state index contributed by atoms with van der Waals surface area (Å²) in [6.45, 7) is 1.74. The summed E-state index contributed by atoms with van der Waals surface area (Å²) in [5.74, 6) is -0.317. The Labute approximate surface area is 374 Å². The molecular weight excluding hydrogens is 1370 g/mol. The molecule has 6 aromatic rings. The van der Waals surface area contributed by atoms with Gasteiger partial charge in [0.1, 0.15) is 0 Å². The summed E-state index contributed by atoms with van der Waals surface area (Å²) in [5, 5.41) is 18.5. The van der Waals surface area contributed by atoms with E-state index in [0.717, 1.165) is 22.4 Å². The van der Waals surface area contributed by atoms with Crippen molar-refractivity contribution in [2.75, 3.05) is 11.1 Å². The van der Waals surface area contributed by atoms with E-state index in [-0.39, 0.29) is 42.1 Å². The van der Waals surface area contributed by atoms with Gasteiger partial charge in [-0.25, -0.2) is 0 Å². The van der Waals surface area contributed by atoms with Gasteiger partial charge in [0.25, 0.3) is 5.89 Å². The number of alkyl halides is 2. The number of hydrogen-bond donors (Lipinski definition) is 3. The SMILES string of the molecule is Cc1nc(-c2ccc(NC(=O)Cc3ccccc3)cc2)no1.I.II.I[I-]I.Nc1ccc(-c2noc(C(F)F)n2)cc1.O=C(O)Cc1ccccc1. The maximum atomic E-state index is 12.1. The van der Waals surface area contributed by atoms with Crippen LogP contribution < -0.4 is 24.3 Å². The van der Waals surface area contributed by atoms with E-state index in [1.165, 1.54) is 0 Å². The summed E-state index contributed by atoms with van der Waals surface area (Å²) < 4.78 is 33.6. The van der Waals surface area contributed by atoms with Gasteiger partial charge in [-0.3, -0.25) is 9.59 Å². The molecule has 0 saturated carbocycles. The number of nitrogens with two attached hydrogens (primary N) is 1. The second kappa shape index (κ2) is 28.5. The first-order valence-corrected chi connectivity index (χ1v) is 33.4. The minimum absolute atomic E-state index is 0. The molecule has 53 heavy (non-hydrogen) atoms. The van der Waals surface area contributed by atoms with Crippen molar-refractivity contribution in [2.24, 2.45) is 0 Å². The largest absolute Gasteiger partial charge is 0.481 e. The van der Waals surface area contributed by atoms with Crippen LogP contribution in [-0.2, 0) is 22.4 Å². The molecular formula is C34H31F2I6N6O5-. The molecule has 0 aliphatic rings. The van der Waals surface area contributed by atoms with Crippen molar-refractivity contribution < 1.29 is 45.8 Å². The number of nitrogens with one attached hydrogen (secondary N) is 1. The van der Waals surface area contributed by atoms with Crippen LogP contribution in [-0.4, -0.2) is 37.3 Å². The first-order valence-electron chi connectivity index (χ1n) is 14.6. The van der Waals surface area contributed by atoms with Gasteiger partial charge in [-0.05, 0) is 59.7 Å². The Morgan fingerprint density at radius 3 is 1.66 bits per heavy atom. The summed E-state index contributed by atoms with van der Waals surface area (Å²) in [6.07, 6.45) is -2.28. The molecule has 11 nitrogen and oxygen atoms in total. The van der Waals surface area contributed by atoms with Gasteiger partial charge >= 0.3 is 62.9 Å². The van der Waals surface area contributed by atoms with E-state index in [1.807, 2.05) is 72.8 Å². The summed E-state index contributed by atoms with van der Waals surface area (Å²) in [5.41, 5.74) is 10.1. The minimum atomic E-state index is -2.75. The first kappa shape index (κ1) is 49.2. The van der Waals surface area contributed by atoms with E-state index < -0.39 is 18.3 Å². The fourth-order valence-corrected chi connectivity index (χ4v) is 3.95. The van der Waals surface area contributed by atoms with Crippen molar-refractivity contribution in [1.82, 2.24) is 20.3 Å². The topological polar surface area (TPSA) is 170 Å². The zero-order valence-corrected chi connectivity index (χ0v) is 40.5. The Bertz CT molecular complexity index is 1890. The Kier molecular flexibility index (Phi) is 26.5. The number of rotatable bonds is 8. The van der Waals surface area contributed by atoms with Crippen molar-refractivity contribution in [1.29, 1.82) is 0 Å². The van der Waals surface area contributed by atoms with Crippen molar-refractivity contribution in [3.8, 4) is 22.8 Å². The van der Waals surface area contributed by atoms with Crippen LogP contribution in [0.5, 0.6) is 0 Å². The molecule has 0 spiro atoms. The van der Waals surface area contributed by atoms with Crippen molar-refractivity contribution in [3.63, 3.8) is 0 Å². The molecule has 0 fully saturated rings. The Morgan fingerprint density at radius 2 is 1.23 bits per heavy atom. The number of anilines is 2. The number of amides is 1. The number of carboxylic acid groups (broad SMARTS) is 1. The average molecular weight is 1400 g/mol. The molecule has 0 atom stereocenters. The van der Waals surface area contributed by atoms with Crippen LogP contribution in [0.2, 0.25) is 0 Å². The van der Waals surface area contributed by atoms with E-state index in [0.29, 0.717) is 42.6 Å². The molecule has 284 valence electrons. The second-order valence-corrected chi connectivity index (χ2v) is 26.2. The van der Waals surface area contributed by atoms with Gasteiger partial charge in [-0.2, -0.15) is 18.7 Å². The fourth-order valence-electron chi connectivity index (χ4n) is 3.95. The molecule has 0 aliphatic carbocycles.